The van der Waals surface area contributed by atoms with E-state index in [1.165, 1.54) is 0 Å². The minimum Gasteiger partial charge on any atom is -0.384 e. The van der Waals surface area contributed by atoms with Crippen LogP contribution in [0.15, 0.2) is 18.2 Å². The first-order valence-electron chi connectivity index (χ1n) is 5.30. The zero-order chi connectivity index (χ0) is 10.7. The van der Waals surface area contributed by atoms with Crippen molar-refractivity contribution in [1.82, 2.24) is 4.98 Å². The third-order valence-electron chi connectivity index (χ3n) is 2.84. The number of rotatable bonds is 3. The van der Waals surface area contributed by atoms with Gasteiger partial charge in [0, 0.05) is 13.2 Å². The monoisotopic (exact) mass is 207 g/mol. The zero-order valence-electron chi connectivity index (χ0n) is 8.94. The number of ether oxygens (including phenoxy) is 1. The van der Waals surface area contributed by atoms with Gasteiger partial charge >= 0.3 is 0 Å². The van der Waals surface area contributed by atoms with Crippen molar-refractivity contribution in [3.63, 3.8) is 0 Å². The van der Waals surface area contributed by atoms with E-state index in [0.717, 1.165) is 25.1 Å². The number of hydrogen-bond acceptors (Lipinski definition) is 4. The van der Waals surface area contributed by atoms with Gasteiger partial charge < -0.3 is 15.8 Å². The second kappa shape index (κ2) is 4.49. The van der Waals surface area contributed by atoms with Crippen LogP contribution in [0, 0.1) is 0 Å². The molecule has 1 aliphatic rings. The molecule has 0 spiro atoms. The standard InChI is InChI=1S/C11H17N3O/c1-15-9-6-5-8(7-9)13-11-4-2-3-10(12)14-11/h2-4,8-9H,5-7H2,1H3,(H3,12,13,14). The third-order valence-corrected chi connectivity index (χ3v) is 2.84. The molecule has 0 amide bonds. The Morgan fingerprint density at radius 2 is 2.33 bits per heavy atom. The molecule has 0 radical (unpaired) electrons. The second-order valence-electron chi connectivity index (χ2n) is 3.96. The molecule has 1 aromatic rings. The van der Waals surface area contributed by atoms with Gasteiger partial charge in [0.1, 0.15) is 11.6 Å². The summed E-state index contributed by atoms with van der Waals surface area (Å²) < 4.78 is 5.32. The molecule has 0 saturated heterocycles. The molecule has 15 heavy (non-hydrogen) atoms. The average Bonchev–Trinajstić information content (AvgIpc) is 2.65. The lowest BCUT2D eigenvalue weighted by atomic mass is 10.2. The Balaban J connectivity index is 1.92. The van der Waals surface area contributed by atoms with Crippen LogP contribution in [0.5, 0.6) is 0 Å². The largest absolute Gasteiger partial charge is 0.384 e. The number of pyridine rings is 1. The van der Waals surface area contributed by atoms with E-state index in [1.807, 2.05) is 12.1 Å². The normalized spacial score (nSPS) is 25.4. The summed E-state index contributed by atoms with van der Waals surface area (Å²) >= 11 is 0. The summed E-state index contributed by atoms with van der Waals surface area (Å²) in [5.41, 5.74) is 5.61. The van der Waals surface area contributed by atoms with Crippen LogP contribution in [0.1, 0.15) is 19.3 Å². The molecular formula is C11H17N3O. The number of hydrogen-bond donors (Lipinski definition) is 2. The van der Waals surface area contributed by atoms with Gasteiger partial charge in [-0.25, -0.2) is 4.98 Å². The molecule has 0 aromatic carbocycles. The molecule has 2 atom stereocenters. The SMILES string of the molecule is COC1CCC(Nc2cccc(N)n2)C1. The number of nitrogens with zero attached hydrogens (tertiary/aromatic N) is 1. The first-order valence-corrected chi connectivity index (χ1v) is 5.30. The molecular weight excluding hydrogens is 190 g/mol. The Kier molecular flexibility index (Phi) is 3.06. The summed E-state index contributed by atoms with van der Waals surface area (Å²) in [6, 6.07) is 6.10. The molecule has 1 saturated carbocycles. The summed E-state index contributed by atoms with van der Waals surface area (Å²) in [4.78, 5) is 4.21. The smallest absolute Gasteiger partial charge is 0.128 e. The van der Waals surface area contributed by atoms with Crippen molar-refractivity contribution >= 4 is 11.6 Å². The molecule has 2 rings (SSSR count). The Bertz CT molecular complexity index is 329. The van der Waals surface area contributed by atoms with Crippen LogP contribution in [0.2, 0.25) is 0 Å². The van der Waals surface area contributed by atoms with E-state index in [1.54, 1.807) is 13.2 Å². The van der Waals surface area contributed by atoms with E-state index in [-0.39, 0.29) is 0 Å². The quantitative estimate of drug-likeness (QED) is 0.791. The molecule has 1 heterocycles. The lowest BCUT2D eigenvalue weighted by Crippen LogP contribution is -2.18. The maximum absolute atomic E-state index is 5.61. The molecule has 4 nitrogen and oxygen atoms in total. The minimum atomic E-state index is 0.392. The van der Waals surface area contributed by atoms with Gasteiger partial charge in [-0.1, -0.05) is 6.07 Å². The van der Waals surface area contributed by atoms with Crippen LogP contribution in [-0.2, 0) is 4.74 Å². The van der Waals surface area contributed by atoms with Crippen molar-refractivity contribution in [2.45, 2.75) is 31.4 Å². The fraction of sp³-hybridized carbons (Fsp3) is 0.545. The number of aromatic nitrogens is 1. The summed E-state index contributed by atoms with van der Waals surface area (Å²) in [5.74, 6) is 1.41. The number of nitrogens with two attached hydrogens (primary N) is 1. The topological polar surface area (TPSA) is 60.2 Å². The Hall–Kier alpha value is -1.29. The predicted octanol–water partition coefficient (Wildman–Crippen LogP) is 1.64. The fourth-order valence-corrected chi connectivity index (χ4v) is 2.03. The van der Waals surface area contributed by atoms with Gasteiger partial charge in [-0.15, -0.1) is 0 Å². The van der Waals surface area contributed by atoms with Crippen molar-refractivity contribution < 1.29 is 4.74 Å². The number of methoxy groups -OCH3 is 1. The molecule has 0 aliphatic heterocycles. The van der Waals surface area contributed by atoms with Crippen molar-refractivity contribution in [3.05, 3.63) is 18.2 Å². The van der Waals surface area contributed by atoms with Gasteiger partial charge in [-0.2, -0.15) is 0 Å². The van der Waals surface area contributed by atoms with Crippen LogP contribution >= 0.6 is 0 Å². The highest BCUT2D eigenvalue weighted by atomic mass is 16.5. The molecule has 2 unspecified atom stereocenters. The van der Waals surface area contributed by atoms with Gasteiger partial charge in [-0.3, -0.25) is 0 Å². The Morgan fingerprint density at radius 1 is 1.47 bits per heavy atom. The molecule has 0 bridgehead atoms. The van der Waals surface area contributed by atoms with Crippen molar-refractivity contribution in [2.24, 2.45) is 0 Å². The molecule has 82 valence electrons. The maximum Gasteiger partial charge on any atom is 0.128 e. The van der Waals surface area contributed by atoms with Gasteiger partial charge in [-0.05, 0) is 31.4 Å². The van der Waals surface area contributed by atoms with Crippen molar-refractivity contribution in [3.8, 4) is 0 Å². The molecule has 1 aromatic heterocycles. The summed E-state index contributed by atoms with van der Waals surface area (Å²) in [6.45, 7) is 0. The van der Waals surface area contributed by atoms with Gasteiger partial charge in [0.2, 0.25) is 0 Å². The first kappa shape index (κ1) is 10.2. The van der Waals surface area contributed by atoms with E-state index in [2.05, 4.69) is 10.3 Å². The van der Waals surface area contributed by atoms with E-state index in [9.17, 15) is 0 Å². The van der Waals surface area contributed by atoms with Gasteiger partial charge in [0.05, 0.1) is 6.10 Å². The lowest BCUT2D eigenvalue weighted by Gasteiger charge is -2.13. The number of anilines is 2. The first-order chi connectivity index (χ1) is 7.28. The van der Waals surface area contributed by atoms with Crippen LogP contribution < -0.4 is 11.1 Å². The second-order valence-corrected chi connectivity index (χ2v) is 3.96. The zero-order valence-corrected chi connectivity index (χ0v) is 8.94. The predicted molar refractivity (Wildman–Crippen MR) is 60.7 cm³/mol. The molecule has 3 N–H and O–H groups in total. The highest BCUT2D eigenvalue weighted by molar-refractivity contribution is 5.43. The van der Waals surface area contributed by atoms with E-state index in [4.69, 9.17) is 10.5 Å². The van der Waals surface area contributed by atoms with Gasteiger partial charge in [0.15, 0.2) is 0 Å². The molecule has 1 aliphatic carbocycles. The summed E-state index contributed by atoms with van der Waals surface area (Å²) in [5, 5.41) is 3.37. The minimum absolute atomic E-state index is 0.392. The fourth-order valence-electron chi connectivity index (χ4n) is 2.03. The van der Waals surface area contributed by atoms with Crippen molar-refractivity contribution in [1.29, 1.82) is 0 Å². The third kappa shape index (κ3) is 2.59. The van der Waals surface area contributed by atoms with Gasteiger partial charge in [0.25, 0.3) is 0 Å². The van der Waals surface area contributed by atoms with E-state index < -0.39 is 0 Å². The average molecular weight is 207 g/mol. The lowest BCUT2D eigenvalue weighted by molar-refractivity contribution is 0.108. The van der Waals surface area contributed by atoms with Crippen LogP contribution in [0.3, 0.4) is 0 Å². The van der Waals surface area contributed by atoms with Crippen molar-refractivity contribution in [2.75, 3.05) is 18.2 Å². The summed E-state index contributed by atoms with van der Waals surface area (Å²) in [7, 11) is 1.77. The van der Waals surface area contributed by atoms with E-state index >= 15 is 0 Å². The van der Waals surface area contributed by atoms with Crippen LogP contribution in [0.25, 0.3) is 0 Å². The highest BCUT2D eigenvalue weighted by Crippen LogP contribution is 2.24. The Labute approximate surface area is 89.8 Å². The number of nitrogens with one attached hydrogen (secondary N) is 1. The maximum atomic E-state index is 5.61. The van der Waals surface area contributed by atoms with E-state index in [0.29, 0.717) is 18.0 Å². The number of nitrogen functional groups attached to an aromatic ring is 1. The molecule has 4 heteroatoms. The molecule has 1 fully saturated rings. The van der Waals surface area contributed by atoms with Crippen LogP contribution in [0.4, 0.5) is 11.6 Å². The van der Waals surface area contributed by atoms with Crippen LogP contribution in [-0.4, -0.2) is 24.2 Å². The Morgan fingerprint density at radius 3 is 3.00 bits per heavy atom. The highest BCUT2D eigenvalue weighted by Gasteiger charge is 2.24. The summed E-state index contributed by atoms with van der Waals surface area (Å²) in [6.07, 6.45) is 3.70.